The fourth-order valence-electron chi connectivity index (χ4n) is 1.80. The zero-order chi connectivity index (χ0) is 14.1. The minimum atomic E-state index is -3.18. The number of carbonyl (C=O) groups excluding carboxylic acids is 1. The summed E-state index contributed by atoms with van der Waals surface area (Å²) in [6, 6.07) is 6.53. The van der Waals surface area contributed by atoms with Gasteiger partial charge in [-0.05, 0) is 17.7 Å². The fraction of sp³-hybridized carbons (Fsp3) is 0.500. The van der Waals surface area contributed by atoms with Crippen LogP contribution < -0.4 is 0 Å². The third kappa shape index (κ3) is 3.42. The Morgan fingerprint density at radius 2 is 1.56 bits per heavy atom. The number of Topliss-reactive ketones (excluding diaryl/α,β-unsaturated/α-hetero) is 1. The van der Waals surface area contributed by atoms with Crippen molar-refractivity contribution in [2.45, 2.75) is 38.5 Å². The standard InChI is InChI=1S/C14H20O3S/c1-10(13(15)14(2,3)4)11-6-8-12(9-7-11)18(5,16)17/h6-10H,1-5H3. The van der Waals surface area contributed by atoms with E-state index in [1.165, 1.54) is 6.26 Å². The minimum Gasteiger partial charge on any atom is -0.298 e. The first kappa shape index (κ1) is 14.9. The topological polar surface area (TPSA) is 51.2 Å². The quantitative estimate of drug-likeness (QED) is 0.847. The van der Waals surface area contributed by atoms with E-state index in [1.807, 2.05) is 27.7 Å². The average molecular weight is 268 g/mol. The lowest BCUT2D eigenvalue weighted by atomic mass is 9.81. The molecule has 0 aromatic heterocycles. The normalized spacial score (nSPS) is 14.3. The van der Waals surface area contributed by atoms with Crippen LogP contribution in [0.25, 0.3) is 0 Å². The van der Waals surface area contributed by atoms with Gasteiger partial charge in [0.2, 0.25) is 0 Å². The summed E-state index contributed by atoms with van der Waals surface area (Å²) < 4.78 is 22.7. The van der Waals surface area contributed by atoms with Gasteiger partial charge in [0.25, 0.3) is 0 Å². The van der Waals surface area contributed by atoms with Gasteiger partial charge in [-0.25, -0.2) is 8.42 Å². The molecule has 0 N–H and O–H groups in total. The van der Waals surface area contributed by atoms with E-state index in [9.17, 15) is 13.2 Å². The first-order chi connectivity index (χ1) is 8.03. The molecule has 0 aliphatic carbocycles. The Kier molecular flexibility index (Phi) is 4.01. The molecule has 0 aliphatic rings. The van der Waals surface area contributed by atoms with E-state index >= 15 is 0 Å². The highest BCUT2D eigenvalue weighted by atomic mass is 32.2. The van der Waals surface area contributed by atoms with Crippen LogP contribution in [-0.2, 0) is 14.6 Å². The van der Waals surface area contributed by atoms with Crippen molar-refractivity contribution in [1.82, 2.24) is 0 Å². The third-order valence-corrected chi connectivity index (χ3v) is 4.07. The highest BCUT2D eigenvalue weighted by Gasteiger charge is 2.27. The molecule has 1 rings (SSSR count). The van der Waals surface area contributed by atoms with E-state index in [-0.39, 0.29) is 16.6 Å². The summed E-state index contributed by atoms with van der Waals surface area (Å²) in [7, 11) is -3.18. The molecule has 18 heavy (non-hydrogen) atoms. The predicted octanol–water partition coefficient (Wildman–Crippen LogP) is 2.81. The van der Waals surface area contributed by atoms with Gasteiger partial charge in [-0.15, -0.1) is 0 Å². The number of hydrogen-bond donors (Lipinski definition) is 0. The fourth-order valence-corrected chi connectivity index (χ4v) is 2.44. The lowest BCUT2D eigenvalue weighted by Gasteiger charge is -2.22. The van der Waals surface area contributed by atoms with Crippen LogP contribution in [0.1, 0.15) is 39.2 Å². The summed E-state index contributed by atoms with van der Waals surface area (Å²) in [6.45, 7) is 7.51. The van der Waals surface area contributed by atoms with E-state index in [2.05, 4.69) is 0 Å². The van der Waals surface area contributed by atoms with Gasteiger partial charge in [-0.2, -0.15) is 0 Å². The molecule has 0 amide bonds. The highest BCUT2D eigenvalue weighted by molar-refractivity contribution is 7.90. The Labute approximate surface area is 109 Å². The Morgan fingerprint density at radius 1 is 1.11 bits per heavy atom. The van der Waals surface area contributed by atoms with Crippen molar-refractivity contribution in [2.75, 3.05) is 6.26 Å². The van der Waals surface area contributed by atoms with Gasteiger partial charge in [-0.1, -0.05) is 39.8 Å². The summed E-state index contributed by atoms with van der Waals surface area (Å²) in [5, 5.41) is 0. The second-order valence-corrected chi connectivity index (χ2v) is 7.69. The lowest BCUT2D eigenvalue weighted by molar-refractivity contribution is -0.127. The van der Waals surface area contributed by atoms with Crippen LogP contribution in [0.5, 0.6) is 0 Å². The van der Waals surface area contributed by atoms with E-state index < -0.39 is 15.3 Å². The largest absolute Gasteiger partial charge is 0.298 e. The summed E-state index contributed by atoms with van der Waals surface area (Å²) in [5.74, 6) is -0.0757. The Bertz CT molecular complexity index is 533. The van der Waals surface area contributed by atoms with E-state index in [0.717, 1.165) is 5.56 Å². The van der Waals surface area contributed by atoms with E-state index in [4.69, 9.17) is 0 Å². The molecule has 100 valence electrons. The van der Waals surface area contributed by atoms with Crippen molar-refractivity contribution >= 4 is 15.6 Å². The first-order valence-electron chi connectivity index (χ1n) is 5.88. The Balaban J connectivity index is 3.03. The van der Waals surface area contributed by atoms with Crippen LogP contribution in [0, 0.1) is 5.41 Å². The zero-order valence-corrected chi connectivity index (χ0v) is 12.3. The van der Waals surface area contributed by atoms with Gasteiger partial charge in [-0.3, -0.25) is 4.79 Å². The second kappa shape index (κ2) is 4.84. The monoisotopic (exact) mass is 268 g/mol. The molecule has 0 bridgehead atoms. The lowest BCUT2D eigenvalue weighted by Crippen LogP contribution is -2.25. The Hall–Kier alpha value is -1.16. The Morgan fingerprint density at radius 3 is 1.89 bits per heavy atom. The van der Waals surface area contributed by atoms with Crippen LogP contribution >= 0.6 is 0 Å². The highest BCUT2D eigenvalue weighted by Crippen LogP contribution is 2.27. The molecule has 1 unspecified atom stereocenters. The molecule has 4 heteroatoms. The van der Waals surface area contributed by atoms with Gasteiger partial charge in [0.1, 0.15) is 5.78 Å². The maximum absolute atomic E-state index is 12.1. The second-order valence-electron chi connectivity index (χ2n) is 5.68. The molecule has 0 aliphatic heterocycles. The van der Waals surface area contributed by atoms with Crippen molar-refractivity contribution < 1.29 is 13.2 Å². The molecule has 1 atom stereocenters. The van der Waals surface area contributed by atoms with Gasteiger partial charge >= 0.3 is 0 Å². The van der Waals surface area contributed by atoms with Crippen molar-refractivity contribution in [3.8, 4) is 0 Å². The predicted molar refractivity (Wildman–Crippen MR) is 72.4 cm³/mol. The molecular weight excluding hydrogens is 248 g/mol. The summed E-state index contributed by atoms with van der Waals surface area (Å²) in [6.07, 6.45) is 1.17. The van der Waals surface area contributed by atoms with Crippen molar-refractivity contribution in [3.05, 3.63) is 29.8 Å². The molecule has 1 aromatic carbocycles. The van der Waals surface area contributed by atoms with Gasteiger partial charge in [0, 0.05) is 17.6 Å². The maximum atomic E-state index is 12.1. The molecule has 0 radical (unpaired) electrons. The SMILES string of the molecule is CC(C(=O)C(C)(C)C)c1ccc(S(C)(=O)=O)cc1. The smallest absolute Gasteiger partial charge is 0.175 e. The first-order valence-corrected chi connectivity index (χ1v) is 7.77. The van der Waals surface area contributed by atoms with E-state index in [1.54, 1.807) is 24.3 Å². The number of sulfone groups is 1. The molecule has 0 saturated heterocycles. The molecule has 0 fully saturated rings. The van der Waals surface area contributed by atoms with E-state index in [0.29, 0.717) is 0 Å². The molecular formula is C14H20O3S. The third-order valence-electron chi connectivity index (χ3n) is 2.94. The van der Waals surface area contributed by atoms with Crippen LogP contribution in [0.4, 0.5) is 0 Å². The molecule has 0 spiro atoms. The number of hydrogen-bond acceptors (Lipinski definition) is 3. The number of benzene rings is 1. The van der Waals surface area contributed by atoms with Crippen LogP contribution in [0.15, 0.2) is 29.2 Å². The molecule has 3 nitrogen and oxygen atoms in total. The van der Waals surface area contributed by atoms with Crippen LogP contribution in [0.3, 0.4) is 0 Å². The van der Waals surface area contributed by atoms with Crippen LogP contribution in [0.2, 0.25) is 0 Å². The average Bonchev–Trinajstić information content (AvgIpc) is 2.25. The molecule has 0 heterocycles. The minimum absolute atomic E-state index is 0.148. The van der Waals surface area contributed by atoms with Gasteiger partial charge < -0.3 is 0 Å². The van der Waals surface area contributed by atoms with Crippen molar-refractivity contribution in [3.63, 3.8) is 0 Å². The maximum Gasteiger partial charge on any atom is 0.175 e. The van der Waals surface area contributed by atoms with Crippen molar-refractivity contribution in [2.24, 2.45) is 5.41 Å². The molecule has 0 saturated carbocycles. The number of ketones is 1. The van der Waals surface area contributed by atoms with Gasteiger partial charge in [0.15, 0.2) is 9.84 Å². The molecule has 1 aromatic rings. The van der Waals surface area contributed by atoms with Gasteiger partial charge in [0.05, 0.1) is 4.90 Å². The van der Waals surface area contributed by atoms with Crippen molar-refractivity contribution in [1.29, 1.82) is 0 Å². The summed E-state index contributed by atoms with van der Waals surface area (Å²) >= 11 is 0. The zero-order valence-electron chi connectivity index (χ0n) is 11.5. The number of rotatable bonds is 3. The number of carbonyl (C=O) groups is 1. The summed E-state index contributed by atoms with van der Waals surface area (Å²) in [5.41, 5.74) is 0.455. The summed E-state index contributed by atoms with van der Waals surface area (Å²) in [4.78, 5) is 12.4. The van der Waals surface area contributed by atoms with Crippen LogP contribution in [-0.4, -0.2) is 20.5 Å².